The third-order valence-corrected chi connectivity index (χ3v) is 2.64. The van der Waals surface area contributed by atoms with Gasteiger partial charge in [-0.1, -0.05) is 45.4 Å². The summed E-state index contributed by atoms with van der Waals surface area (Å²) in [6.07, 6.45) is 10.7. The number of esters is 1. The first kappa shape index (κ1) is 19.9. The number of hydrogen-bond acceptors (Lipinski definition) is 2. The first-order valence-corrected chi connectivity index (χ1v) is 6.76. The van der Waals surface area contributed by atoms with E-state index in [9.17, 15) is 4.79 Å². The summed E-state index contributed by atoms with van der Waals surface area (Å²) in [6.45, 7) is 6.56. The van der Waals surface area contributed by atoms with E-state index in [1.807, 2.05) is 0 Å². The van der Waals surface area contributed by atoms with Crippen LogP contribution in [0.3, 0.4) is 0 Å². The second-order valence-corrected chi connectivity index (χ2v) is 4.30. The molecule has 0 heterocycles. The van der Waals surface area contributed by atoms with Crippen molar-refractivity contribution in [1.29, 1.82) is 0 Å². The van der Waals surface area contributed by atoms with Crippen LogP contribution in [-0.4, -0.2) is 12.6 Å². The molecule has 0 saturated heterocycles. The van der Waals surface area contributed by atoms with Crippen molar-refractivity contribution in [3.63, 3.8) is 0 Å². The molecule has 0 fully saturated rings. The zero-order valence-corrected chi connectivity index (χ0v) is 14.2. The molecule has 0 aromatic rings. The number of ether oxygens (including phenoxy) is 1. The molecule has 0 rings (SSSR count). The Kier molecular flexibility index (Phi) is 19.4. The molecule has 0 bridgehead atoms. The first-order chi connectivity index (χ1) is 7.81. The Hall–Kier alpha value is 0.574. The Morgan fingerprint density at radius 3 is 2.29 bits per heavy atom. The minimum Gasteiger partial charge on any atom is -0.466 e. The Labute approximate surface area is 132 Å². The van der Waals surface area contributed by atoms with Crippen molar-refractivity contribution in [2.45, 2.75) is 71.1 Å². The summed E-state index contributed by atoms with van der Waals surface area (Å²) in [5.41, 5.74) is 0. The molecule has 99 valence electrons. The van der Waals surface area contributed by atoms with Crippen LogP contribution in [0.15, 0.2) is 0 Å². The largest absolute Gasteiger partial charge is 0.466 e. The molecule has 1 radical (unpaired) electrons. The van der Waals surface area contributed by atoms with Gasteiger partial charge in [0.15, 0.2) is 0 Å². The van der Waals surface area contributed by atoms with E-state index in [0.717, 1.165) is 38.5 Å². The van der Waals surface area contributed by atoms with E-state index in [1.54, 1.807) is 0 Å². The summed E-state index contributed by atoms with van der Waals surface area (Å²) in [6, 6.07) is 0. The molecule has 0 aliphatic rings. The fourth-order valence-corrected chi connectivity index (χ4v) is 1.59. The van der Waals surface area contributed by atoms with Crippen molar-refractivity contribution >= 4 is 5.97 Å². The Balaban J connectivity index is 0. The molecular weight excluding hydrogens is 289 g/mol. The van der Waals surface area contributed by atoms with Crippen molar-refractivity contribution in [3.8, 4) is 0 Å². The molecule has 0 spiro atoms. The van der Waals surface area contributed by atoms with E-state index in [4.69, 9.17) is 4.74 Å². The summed E-state index contributed by atoms with van der Waals surface area (Å²) in [4.78, 5) is 11.3. The van der Waals surface area contributed by atoms with E-state index in [-0.39, 0.29) is 38.7 Å². The van der Waals surface area contributed by atoms with Gasteiger partial charge in [-0.05, 0) is 12.8 Å². The average Bonchev–Trinajstić information content (AvgIpc) is 2.28. The summed E-state index contributed by atoms with van der Waals surface area (Å²) in [5.74, 6) is -0.0221. The quantitative estimate of drug-likeness (QED) is 0.323. The Bertz CT molecular complexity index is 144. The van der Waals surface area contributed by atoms with Gasteiger partial charge in [-0.2, -0.15) is 6.42 Å². The van der Waals surface area contributed by atoms with Crippen molar-refractivity contribution in [3.05, 3.63) is 6.92 Å². The van der Waals surface area contributed by atoms with Crippen molar-refractivity contribution < 1.29 is 42.2 Å². The second-order valence-electron chi connectivity index (χ2n) is 4.30. The van der Waals surface area contributed by atoms with Gasteiger partial charge in [0.2, 0.25) is 0 Å². The standard InChI is InChI=1S/C14H27O2.Y/c1-3-5-7-9-10-12-14(15)16-13-11-8-6-4-2;/h2-13H2,1H3;/q-1;. The van der Waals surface area contributed by atoms with Crippen LogP contribution in [0.5, 0.6) is 0 Å². The molecule has 17 heavy (non-hydrogen) atoms. The molecule has 0 aliphatic heterocycles. The smallest absolute Gasteiger partial charge is 0.305 e. The van der Waals surface area contributed by atoms with Gasteiger partial charge in [-0.3, -0.25) is 4.79 Å². The van der Waals surface area contributed by atoms with Crippen molar-refractivity contribution in [2.24, 2.45) is 0 Å². The summed E-state index contributed by atoms with van der Waals surface area (Å²) in [5, 5.41) is 0. The minimum absolute atomic E-state index is 0. The topological polar surface area (TPSA) is 26.3 Å². The van der Waals surface area contributed by atoms with Crippen LogP contribution < -0.4 is 0 Å². The fourth-order valence-electron chi connectivity index (χ4n) is 1.59. The van der Waals surface area contributed by atoms with E-state index >= 15 is 0 Å². The first-order valence-electron chi connectivity index (χ1n) is 6.76. The zero-order valence-electron chi connectivity index (χ0n) is 11.4. The number of hydrogen-bond donors (Lipinski definition) is 0. The van der Waals surface area contributed by atoms with Crippen LogP contribution in [-0.2, 0) is 42.2 Å². The predicted octanol–water partition coefficient (Wildman–Crippen LogP) is 4.28. The zero-order chi connectivity index (χ0) is 12.1. The van der Waals surface area contributed by atoms with Gasteiger partial charge in [-0.25, -0.2) is 0 Å². The third-order valence-electron chi connectivity index (χ3n) is 2.64. The van der Waals surface area contributed by atoms with E-state index in [1.165, 1.54) is 19.3 Å². The van der Waals surface area contributed by atoms with Gasteiger partial charge in [0.05, 0.1) is 6.61 Å². The van der Waals surface area contributed by atoms with Crippen molar-refractivity contribution in [1.82, 2.24) is 0 Å². The Morgan fingerprint density at radius 2 is 1.65 bits per heavy atom. The van der Waals surface area contributed by atoms with Crippen LogP contribution in [0.1, 0.15) is 71.1 Å². The summed E-state index contributed by atoms with van der Waals surface area (Å²) >= 11 is 0. The SMILES string of the molecule is [CH2-]CCCCCOC(=O)CCCCCCC.[Y]. The third kappa shape index (κ3) is 16.6. The maximum absolute atomic E-state index is 11.3. The number of unbranched alkanes of at least 4 members (excludes halogenated alkanes) is 7. The molecule has 0 saturated carbocycles. The molecule has 3 heteroatoms. The fraction of sp³-hybridized carbons (Fsp3) is 0.857. The van der Waals surface area contributed by atoms with E-state index in [0.29, 0.717) is 13.0 Å². The maximum Gasteiger partial charge on any atom is 0.305 e. The van der Waals surface area contributed by atoms with Gasteiger partial charge in [0.1, 0.15) is 0 Å². The van der Waals surface area contributed by atoms with Crippen LogP contribution >= 0.6 is 0 Å². The Morgan fingerprint density at radius 1 is 1.00 bits per heavy atom. The molecule has 0 unspecified atom stereocenters. The van der Waals surface area contributed by atoms with E-state index in [2.05, 4.69) is 13.8 Å². The molecule has 0 amide bonds. The van der Waals surface area contributed by atoms with Crippen LogP contribution in [0.4, 0.5) is 0 Å². The second kappa shape index (κ2) is 16.6. The molecular formula is C14H27O2Y-. The molecule has 2 nitrogen and oxygen atoms in total. The van der Waals surface area contributed by atoms with Crippen LogP contribution in [0.2, 0.25) is 0 Å². The number of carbonyl (C=O) groups excluding carboxylic acids is 1. The van der Waals surface area contributed by atoms with E-state index < -0.39 is 0 Å². The van der Waals surface area contributed by atoms with Crippen molar-refractivity contribution in [2.75, 3.05) is 6.61 Å². The molecule has 0 aromatic heterocycles. The number of rotatable bonds is 11. The van der Waals surface area contributed by atoms with Gasteiger partial charge in [0.25, 0.3) is 0 Å². The molecule has 0 atom stereocenters. The predicted molar refractivity (Wildman–Crippen MR) is 68.2 cm³/mol. The molecule has 0 aliphatic carbocycles. The van der Waals surface area contributed by atoms with Crippen LogP contribution in [0.25, 0.3) is 0 Å². The monoisotopic (exact) mass is 316 g/mol. The maximum atomic E-state index is 11.3. The average molecular weight is 316 g/mol. The number of carbonyl (C=O) groups is 1. The summed E-state index contributed by atoms with van der Waals surface area (Å²) in [7, 11) is 0. The molecule has 0 N–H and O–H groups in total. The molecule has 0 aromatic carbocycles. The van der Waals surface area contributed by atoms with Gasteiger partial charge >= 0.3 is 5.97 Å². The van der Waals surface area contributed by atoms with Crippen LogP contribution in [0, 0.1) is 6.92 Å². The normalized spacial score (nSPS) is 9.76. The van der Waals surface area contributed by atoms with Gasteiger partial charge in [-0.15, -0.1) is 0 Å². The minimum atomic E-state index is -0.0221. The van der Waals surface area contributed by atoms with Gasteiger partial charge < -0.3 is 11.7 Å². The summed E-state index contributed by atoms with van der Waals surface area (Å²) < 4.78 is 5.14. The van der Waals surface area contributed by atoms with Gasteiger partial charge in [0, 0.05) is 39.1 Å².